The molecule has 0 aliphatic rings. The van der Waals surface area contributed by atoms with Crippen molar-refractivity contribution >= 4 is 0 Å². The Morgan fingerprint density at radius 1 is 1.00 bits per heavy atom. The molecule has 1 heterocycles. The number of hydrogen-bond donors (Lipinski definition) is 0. The highest BCUT2D eigenvalue weighted by atomic mass is 19.1. The van der Waals surface area contributed by atoms with Crippen molar-refractivity contribution < 1.29 is 4.39 Å². The van der Waals surface area contributed by atoms with Crippen molar-refractivity contribution in [2.75, 3.05) is 6.67 Å². The molecule has 3 heteroatoms. The first kappa shape index (κ1) is 10.1. The van der Waals surface area contributed by atoms with E-state index in [2.05, 4.69) is 9.97 Å². The lowest BCUT2D eigenvalue weighted by Crippen LogP contribution is -1.93. The molecule has 1 aromatic rings. The van der Waals surface area contributed by atoms with Gasteiger partial charge in [-0.15, -0.1) is 0 Å². The van der Waals surface area contributed by atoms with Gasteiger partial charge in [0.25, 0.3) is 0 Å². The normalized spacial score (nSPS) is 10.2. The quantitative estimate of drug-likeness (QED) is 0.632. The first-order chi connectivity index (χ1) is 6.43. The van der Waals surface area contributed by atoms with Gasteiger partial charge in [0.2, 0.25) is 0 Å². The van der Waals surface area contributed by atoms with Gasteiger partial charge in [-0.2, -0.15) is 0 Å². The highest BCUT2D eigenvalue weighted by Gasteiger charge is 1.94. The summed E-state index contributed by atoms with van der Waals surface area (Å²) in [4.78, 5) is 8.22. The van der Waals surface area contributed by atoms with Crippen LogP contribution >= 0.6 is 0 Å². The molecule has 0 saturated carbocycles. The molecule has 0 radical (unpaired) electrons. The zero-order chi connectivity index (χ0) is 9.36. The number of nitrogens with zero attached hydrogens (tertiary/aromatic N) is 2. The van der Waals surface area contributed by atoms with Crippen molar-refractivity contribution in [3.63, 3.8) is 0 Å². The Labute approximate surface area is 78.2 Å². The molecular formula is C10H15FN2. The Morgan fingerprint density at radius 2 is 1.69 bits per heavy atom. The summed E-state index contributed by atoms with van der Waals surface area (Å²) in [5, 5.41) is 0. The summed E-state index contributed by atoms with van der Waals surface area (Å²) in [5.74, 6) is 0.891. The van der Waals surface area contributed by atoms with Gasteiger partial charge >= 0.3 is 0 Å². The first-order valence-corrected chi connectivity index (χ1v) is 4.75. The van der Waals surface area contributed by atoms with Crippen molar-refractivity contribution in [1.82, 2.24) is 9.97 Å². The van der Waals surface area contributed by atoms with E-state index in [0.29, 0.717) is 6.42 Å². The van der Waals surface area contributed by atoms with Gasteiger partial charge < -0.3 is 0 Å². The molecule has 0 unspecified atom stereocenters. The molecule has 0 aliphatic heterocycles. The minimum absolute atomic E-state index is 0.193. The fourth-order valence-corrected chi connectivity index (χ4v) is 1.19. The molecule has 1 aromatic heterocycles. The third-order valence-electron chi connectivity index (χ3n) is 1.90. The minimum Gasteiger partial charge on any atom is -0.251 e. The average molecular weight is 182 g/mol. The summed E-state index contributed by atoms with van der Waals surface area (Å²) in [7, 11) is 0. The summed E-state index contributed by atoms with van der Waals surface area (Å²) in [6, 6.07) is 1.81. The van der Waals surface area contributed by atoms with Gasteiger partial charge in [-0.05, 0) is 18.9 Å². The Hall–Kier alpha value is -0.990. The van der Waals surface area contributed by atoms with E-state index in [1.54, 1.807) is 12.4 Å². The summed E-state index contributed by atoms with van der Waals surface area (Å²) in [5.41, 5.74) is 0. The second-order valence-electron chi connectivity index (χ2n) is 3.02. The number of unbranched alkanes of at least 4 members (excludes halogenated alkanes) is 3. The molecule has 0 atom stereocenters. The molecule has 0 aromatic carbocycles. The Morgan fingerprint density at radius 3 is 2.38 bits per heavy atom. The maximum atomic E-state index is 11.7. The van der Waals surface area contributed by atoms with Crippen molar-refractivity contribution in [3.05, 3.63) is 24.3 Å². The fraction of sp³-hybridized carbons (Fsp3) is 0.600. The van der Waals surface area contributed by atoms with Gasteiger partial charge in [-0.3, -0.25) is 4.39 Å². The molecule has 0 saturated heterocycles. The van der Waals surface area contributed by atoms with Crippen LogP contribution in [0.25, 0.3) is 0 Å². The SMILES string of the molecule is FCCCCCCc1ncccn1. The molecule has 13 heavy (non-hydrogen) atoms. The van der Waals surface area contributed by atoms with Gasteiger partial charge in [0.15, 0.2) is 0 Å². The van der Waals surface area contributed by atoms with Crippen LogP contribution in [0.4, 0.5) is 4.39 Å². The lowest BCUT2D eigenvalue weighted by Gasteiger charge is -1.98. The van der Waals surface area contributed by atoms with Crippen LogP contribution in [0.3, 0.4) is 0 Å². The molecular weight excluding hydrogens is 167 g/mol. The van der Waals surface area contributed by atoms with Crippen LogP contribution in [-0.2, 0) is 6.42 Å². The fourth-order valence-electron chi connectivity index (χ4n) is 1.19. The van der Waals surface area contributed by atoms with Gasteiger partial charge in [0.1, 0.15) is 5.82 Å². The Kier molecular flexibility index (Phi) is 5.06. The highest BCUT2D eigenvalue weighted by molar-refractivity contribution is 4.88. The van der Waals surface area contributed by atoms with Crippen LogP contribution in [-0.4, -0.2) is 16.6 Å². The molecule has 0 aliphatic carbocycles. The second-order valence-corrected chi connectivity index (χ2v) is 3.02. The van der Waals surface area contributed by atoms with Gasteiger partial charge in [0, 0.05) is 18.8 Å². The predicted molar refractivity (Wildman–Crippen MR) is 50.2 cm³/mol. The molecule has 0 bridgehead atoms. The van der Waals surface area contributed by atoms with E-state index in [4.69, 9.17) is 0 Å². The van der Waals surface area contributed by atoms with Crippen LogP contribution in [0.2, 0.25) is 0 Å². The number of alkyl halides is 1. The van der Waals surface area contributed by atoms with E-state index in [1.807, 2.05) is 6.07 Å². The van der Waals surface area contributed by atoms with Crippen LogP contribution in [0.5, 0.6) is 0 Å². The standard InChI is InChI=1S/C10H15FN2/c11-7-4-2-1-3-6-10-12-8-5-9-13-10/h5,8-9H,1-4,6-7H2. The van der Waals surface area contributed by atoms with Crippen molar-refractivity contribution in [1.29, 1.82) is 0 Å². The Bertz CT molecular complexity index is 213. The van der Waals surface area contributed by atoms with Gasteiger partial charge in [0.05, 0.1) is 6.67 Å². The third kappa shape index (κ3) is 4.55. The zero-order valence-electron chi connectivity index (χ0n) is 7.75. The van der Waals surface area contributed by atoms with E-state index in [1.165, 1.54) is 0 Å². The van der Waals surface area contributed by atoms with E-state index in [9.17, 15) is 4.39 Å². The second kappa shape index (κ2) is 6.52. The number of hydrogen-bond acceptors (Lipinski definition) is 2. The van der Waals surface area contributed by atoms with Crippen molar-refractivity contribution in [2.45, 2.75) is 32.1 Å². The highest BCUT2D eigenvalue weighted by Crippen LogP contribution is 2.03. The van der Waals surface area contributed by atoms with Gasteiger partial charge in [-0.1, -0.05) is 12.8 Å². The maximum Gasteiger partial charge on any atom is 0.128 e. The summed E-state index contributed by atoms with van der Waals surface area (Å²) >= 11 is 0. The monoisotopic (exact) mass is 182 g/mol. The van der Waals surface area contributed by atoms with E-state index >= 15 is 0 Å². The van der Waals surface area contributed by atoms with Crippen LogP contribution in [0.15, 0.2) is 18.5 Å². The molecule has 0 N–H and O–H groups in total. The average Bonchev–Trinajstić information content (AvgIpc) is 2.19. The Balaban J connectivity index is 2.07. The van der Waals surface area contributed by atoms with Crippen LogP contribution in [0, 0.1) is 0 Å². The maximum absolute atomic E-state index is 11.7. The molecule has 0 fully saturated rings. The zero-order valence-corrected chi connectivity index (χ0v) is 7.75. The van der Waals surface area contributed by atoms with E-state index in [0.717, 1.165) is 31.5 Å². The third-order valence-corrected chi connectivity index (χ3v) is 1.90. The number of aryl methyl sites for hydroxylation is 1. The smallest absolute Gasteiger partial charge is 0.128 e. The van der Waals surface area contributed by atoms with E-state index < -0.39 is 0 Å². The topological polar surface area (TPSA) is 25.8 Å². The number of aromatic nitrogens is 2. The largest absolute Gasteiger partial charge is 0.251 e. The summed E-state index contributed by atoms with van der Waals surface area (Å²) < 4.78 is 11.7. The summed E-state index contributed by atoms with van der Waals surface area (Å²) in [6.45, 7) is -0.193. The van der Waals surface area contributed by atoms with Gasteiger partial charge in [-0.25, -0.2) is 9.97 Å². The summed E-state index contributed by atoms with van der Waals surface area (Å²) in [6.07, 6.45) is 8.21. The van der Waals surface area contributed by atoms with Crippen LogP contribution < -0.4 is 0 Å². The number of rotatable bonds is 6. The lowest BCUT2D eigenvalue weighted by molar-refractivity contribution is 0.452. The molecule has 2 nitrogen and oxygen atoms in total. The molecule has 0 amide bonds. The predicted octanol–water partition coefficient (Wildman–Crippen LogP) is 2.55. The van der Waals surface area contributed by atoms with Crippen LogP contribution in [0.1, 0.15) is 31.5 Å². The van der Waals surface area contributed by atoms with Crippen molar-refractivity contribution in [2.24, 2.45) is 0 Å². The van der Waals surface area contributed by atoms with Crippen molar-refractivity contribution in [3.8, 4) is 0 Å². The molecule has 0 spiro atoms. The molecule has 72 valence electrons. The minimum atomic E-state index is -0.193. The first-order valence-electron chi connectivity index (χ1n) is 4.75. The lowest BCUT2D eigenvalue weighted by atomic mass is 10.1. The number of halogens is 1. The van der Waals surface area contributed by atoms with E-state index in [-0.39, 0.29) is 6.67 Å². The molecule has 1 rings (SSSR count).